The van der Waals surface area contributed by atoms with Crippen LogP contribution in [0.1, 0.15) is 17.0 Å². The zero-order chi connectivity index (χ0) is 22.7. The minimum atomic E-state index is -0.556. The molecule has 2 heterocycles. The number of hydrogen-bond acceptors (Lipinski definition) is 5. The molecule has 0 atom stereocenters. The van der Waals surface area contributed by atoms with Gasteiger partial charge in [-0.1, -0.05) is 72.3 Å². The van der Waals surface area contributed by atoms with Crippen molar-refractivity contribution in [3.63, 3.8) is 0 Å². The fraction of sp³-hybridized carbons (Fsp3) is 0.174. The average molecular weight is 451 g/mol. The van der Waals surface area contributed by atoms with Crippen LogP contribution < -0.4 is 21.9 Å². The van der Waals surface area contributed by atoms with Gasteiger partial charge in [-0.25, -0.2) is 9.78 Å². The van der Waals surface area contributed by atoms with E-state index in [1.54, 1.807) is 17.8 Å². The first kappa shape index (κ1) is 21.5. The van der Waals surface area contributed by atoms with Crippen molar-refractivity contribution in [2.24, 2.45) is 7.05 Å². The van der Waals surface area contributed by atoms with Gasteiger partial charge < -0.3 is 15.2 Å². The number of nitrogens with zero attached hydrogens (tertiary/aromatic N) is 4. The number of rotatable bonds is 7. The molecule has 2 aromatic heterocycles. The van der Waals surface area contributed by atoms with Crippen LogP contribution in [0.3, 0.4) is 0 Å². The second kappa shape index (κ2) is 9.15. The molecule has 164 valence electrons. The Kier molecular flexibility index (Phi) is 6.13. The summed E-state index contributed by atoms with van der Waals surface area (Å²) in [7, 11) is 1.80. The Hall–Kier alpha value is -3.78. The molecular formula is C23H23ClN6O2. The quantitative estimate of drug-likeness (QED) is 0.450. The van der Waals surface area contributed by atoms with Crippen molar-refractivity contribution in [3.8, 4) is 0 Å². The first-order valence-electron chi connectivity index (χ1n) is 10.1. The highest BCUT2D eigenvalue weighted by atomic mass is 35.5. The molecule has 4 aromatic rings. The third-order valence-corrected chi connectivity index (χ3v) is 5.64. The van der Waals surface area contributed by atoms with Crippen molar-refractivity contribution >= 4 is 23.1 Å². The van der Waals surface area contributed by atoms with Gasteiger partial charge in [-0.15, -0.1) is 0 Å². The highest BCUT2D eigenvalue weighted by molar-refractivity contribution is 6.29. The van der Waals surface area contributed by atoms with Crippen LogP contribution in [0.5, 0.6) is 0 Å². The third kappa shape index (κ3) is 4.45. The zero-order valence-corrected chi connectivity index (χ0v) is 18.3. The topological polar surface area (TPSA) is 102 Å². The summed E-state index contributed by atoms with van der Waals surface area (Å²) in [5.74, 6) is 0.754. The van der Waals surface area contributed by atoms with Crippen molar-refractivity contribution in [2.45, 2.75) is 19.6 Å². The molecule has 0 unspecified atom stereocenters. The monoisotopic (exact) mass is 450 g/mol. The number of hydrogen-bond donors (Lipinski definition) is 2. The van der Waals surface area contributed by atoms with E-state index in [1.165, 1.54) is 4.57 Å². The Morgan fingerprint density at radius 1 is 1.00 bits per heavy atom. The second-order valence-electron chi connectivity index (χ2n) is 7.46. The van der Waals surface area contributed by atoms with E-state index in [4.69, 9.17) is 17.3 Å². The number of anilines is 2. The molecule has 0 aliphatic rings. The van der Waals surface area contributed by atoms with Crippen molar-refractivity contribution in [1.29, 1.82) is 0 Å². The van der Waals surface area contributed by atoms with E-state index in [1.807, 2.05) is 65.6 Å². The first-order chi connectivity index (χ1) is 15.4. The van der Waals surface area contributed by atoms with Crippen LogP contribution >= 0.6 is 11.6 Å². The Labute approximate surface area is 189 Å². The van der Waals surface area contributed by atoms with Crippen molar-refractivity contribution in [1.82, 2.24) is 19.1 Å². The van der Waals surface area contributed by atoms with Gasteiger partial charge in [0.1, 0.15) is 22.5 Å². The molecular weight excluding hydrogens is 428 g/mol. The maximum atomic E-state index is 12.9. The summed E-state index contributed by atoms with van der Waals surface area (Å²) in [6.45, 7) is 0.903. The Bertz CT molecular complexity index is 1330. The van der Waals surface area contributed by atoms with Gasteiger partial charge in [-0.05, 0) is 11.1 Å². The summed E-state index contributed by atoms with van der Waals surface area (Å²) in [5.41, 5.74) is 7.41. The largest absolute Gasteiger partial charge is 0.383 e. The molecule has 0 amide bonds. The van der Waals surface area contributed by atoms with Gasteiger partial charge in [-0.3, -0.25) is 14.3 Å². The lowest BCUT2D eigenvalue weighted by molar-refractivity contribution is 0.688. The maximum absolute atomic E-state index is 12.9. The molecule has 4 rings (SSSR count). The predicted octanol–water partition coefficient (Wildman–Crippen LogP) is 2.76. The summed E-state index contributed by atoms with van der Waals surface area (Å²) in [6.07, 6.45) is 1.56. The molecule has 0 saturated carbocycles. The molecule has 0 aliphatic carbocycles. The summed E-state index contributed by atoms with van der Waals surface area (Å²) in [5, 5.41) is 0.482. The van der Waals surface area contributed by atoms with Crippen LogP contribution in [-0.4, -0.2) is 19.1 Å². The van der Waals surface area contributed by atoms with Gasteiger partial charge in [-0.2, -0.15) is 0 Å². The highest BCUT2D eigenvalue weighted by Gasteiger charge is 2.21. The predicted molar refractivity (Wildman–Crippen MR) is 126 cm³/mol. The molecule has 3 N–H and O–H groups in total. The van der Waals surface area contributed by atoms with E-state index in [-0.39, 0.29) is 24.6 Å². The van der Waals surface area contributed by atoms with E-state index >= 15 is 0 Å². The average Bonchev–Trinajstić information content (AvgIpc) is 3.10. The number of nitrogens with two attached hydrogens (primary N) is 1. The number of aromatic amines is 1. The molecule has 0 spiro atoms. The lowest BCUT2D eigenvalue weighted by atomic mass is 10.2. The summed E-state index contributed by atoms with van der Waals surface area (Å²) < 4.78 is 3.11. The van der Waals surface area contributed by atoms with Crippen molar-refractivity contribution in [2.75, 3.05) is 10.6 Å². The van der Waals surface area contributed by atoms with Crippen LogP contribution in [0.4, 0.5) is 11.5 Å². The van der Waals surface area contributed by atoms with E-state index < -0.39 is 11.2 Å². The normalized spacial score (nSPS) is 10.9. The van der Waals surface area contributed by atoms with Crippen molar-refractivity contribution in [3.05, 3.63) is 110 Å². The molecule has 8 nitrogen and oxygen atoms in total. The Balaban J connectivity index is 1.80. The highest BCUT2D eigenvalue weighted by Crippen LogP contribution is 2.23. The fourth-order valence-corrected chi connectivity index (χ4v) is 3.71. The number of aromatic nitrogens is 4. The van der Waals surface area contributed by atoms with Crippen LogP contribution in [0, 0.1) is 0 Å². The van der Waals surface area contributed by atoms with E-state index in [2.05, 4.69) is 9.97 Å². The van der Waals surface area contributed by atoms with E-state index in [0.29, 0.717) is 17.5 Å². The smallest absolute Gasteiger partial charge is 0.330 e. The van der Waals surface area contributed by atoms with Gasteiger partial charge in [0.25, 0.3) is 5.56 Å². The van der Waals surface area contributed by atoms with E-state index in [0.717, 1.165) is 11.1 Å². The Morgan fingerprint density at radius 3 is 2.22 bits per heavy atom. The summed E-state index contributed by atoms with van der Waals surface area (Å²) >= 11 is 6.16. The number of benzene rings is 2. The van der Waals surface area contributed by atoms with Crippen LogP contribution in [-0.2, 0) is 26.7 Å². The van der Waals surface area contributed by atoms with Crippen molar-refractivity contribution < 1.29 is 0 Å². The van der Waals surface area contributed by atoms with Gasteiger partial charge in [0.2, 0.25) is 0 Å². The van der Waals surface area contributed by atoms with Crippen LogP contribution in [0.25, 0.3) is 0 Å². The minimum absolute atomic E-state index is 0.0961. The lowest BCUT2D eigenvalue weighted by Crippen LogP contribution is -2.38. The third-order valence-electron chi connectivity index (χ3n) is 5.29. The maximum Gasteiger partial charge on any atom is 0.330 e. The molecule has 32 heavy (non-hydrogen) atoms. The first-order valence-corrected chi connectivity index (χ1v) is 10.4. The number of imidazole rings is 1. The fourth-order valence-electron chi connectivity index (χ4n) is 3.57. The number of nitrogen functional groups attached to an aromatic ring is 1. The summed E-state index contributed by atoms with van der Waals surface area (Å²) in [4.78, 5) is 34.1. The SMILES string of the molecule is Cn1c(Cl)cnc1CN(Cc1ccccc1)c1c(N)n(Cc2ccccc2)c(=O)[nH]c1=O. The Morgan fingerprint density at radius 2 is 1.62 bits per heavy atom. The van der Waals surface area contributed by atoms with Crippen LogP contribution in [0.15, 0.2) is 76.4 Å². The molecule has 0 aliphatic heterocycles. The lowest BCUT2D eigenvalue weighted by Gasteiger charge is -2.26. The van der Waals surface area contributed by atoms with E-state index in [9.17, 15) is 9.59 Å². The molecule has 0 fully saturated rings. The minimum Gasteiger partial charge on any atom is -0.383 e. The molecule has 9 heteroatoms. The zero-order valence-electron chi connectivity index (χ0n) is 17.5. The van der Waals surface area contributed by atoms with Gasteiger partial charge in [0.15, 0.2) is 0 Å². The van der Waals surface area contributed by atoms with Gasteiger partial charge >= 0.3 is 5.69 Å². The molecule has 2 aromatic carbocycles. The number of nitrogens with one attached hydrogen (secondary N) is 1. The molecule has 0 radical (unpaired) electrons. The standard InChI is InChI=1S/C23H23ClN6O2/c1-28-18(24)12-26-19(28)15-29(13-16-8-4-2-5-9-16)20-21(25)30(23(32)27-22(20)31)14-17-10-6-3-7-11-17/h2-12H,13-15,25H2,1H3,(H,27,31,32). The number of halogens is 1. The molecule has 0 saturated heterocycles. The summed E-state index contributed by atoms with van der Waals surface area (Å²) in [6, 6.07) is 19.2. The van der Waals surface area contributed by atoms with Gasteiger partial charge in [0.05, 0.1) is 19.3 Å². The van der Waals surface area contributed by atoms with Gasteiger partial charge in [0, 0.05) is 13.6 Å². The second-order valence-corrected chi connectivity index (χ2v) is 7.85. The number of H-pyrrole nitrogens is 1. The molecule has 0 bridgehead atoms. The van der Waals surface area contributed by atoms with Crippen LogP contribution in [0.2, 0.25) is 5.15 Å².